The largest absolute Gasteiger partial charge is 0.496 e. The van der Waals surface area contributed by atoms with Gasteiger partial charge in [-0.25, -0.2) is 9.37 Å². The molecule has 146 valence electrons. The molecule has 0 aliphatic carbocycles. The third-order valence-corrected chi connectivity index (χ3v) is 5.21. The summed E-state index contributed by atoms with van der Waals surface area (Å²) in [4.78, 5) is 17.6. The molecule has 2 N–H and O–H groups in total. The summed E-state index contributed by atoms with van der Waals surface area (Å²) in [6, 6.07) is 15.7. The van der Waals surface area contributed by atoms with Gasteiger partial charge in [-0.05, 0) is 29.8 Å². The van der Waals surface area contributed by atoms with Gasteiger partial charge in [-0.15, -0.1) is 11.3 Å². The SMILES string of the molecule is COc1ccccc1-c1cc(C(=O)Nc2ncc(Cc3ccccc3F)s2)[nH]n1. The molecule has 2 aromatic heterocycles. The Balaban J connectivity index is 1.46. The van der Waals surface area contributed by atoms with E-state index in [2.05, 4.69) is 20.5 Å². The van der Waals surface area contributed by atoms with E-state index in [4.69, 9.17) is 4.74 Å². The minimum atomic E-state index is -0.356. The highest BCUT2D eigenvalue weighted by Gasteiger charge is 2.15. The smallest absolute Gasteiger partial charge is 0.275 e. The maximum Gasteiger partial charge on any atom is 0.275 e. The number of methoxy groups -OCH3 is 1. The van der Waals surface area contributed by atoms with Crippen LogP contribution in [0.25, 0.3) is 11.3 Å². The number of benzene rings is 2. The van der Waals surface area contributed by atoms with Crippen LogP contribution in [0.2, 0.25) is 0 Å². The zero-order valence-corrected chi connectivity index (χ0v) is 16.3. The van der Waals surface area contributed by atoms with E-state index in [-0.39, 0.29) is 11.7 Å². The summed E-state index contributed by atoms with van der Waals surface area (Å²) < 4.78 is 19.1. The van der Waals surface area contributed by atoms with Crippen LogP contribution in [0.15, 0.2) is 60.8 Å². The van der Waals surface area contributed by atoms with E-state index in [0.717, 1.165) is 10.4 Å². The Kier molecular flexibility index (Phi) is 5.35. The number of halogens is 1. The molecule has 0 radical (unpaired) electrons. The lowest BCUT2D eigenvalue weighted by molar-refractivity contribution is 0.102. The first-order valence-corrected chi connectivity index (χ1v) is 9.64. The average Bonchev–Trinajstić information content (AvgIpc) is 3.39. The molecule has 0 aliphatic rings. The van der Waals surface area contributed by atoms with Gasteiger partial charge in [0, 0.05) is 23.1 Å². The molecule has 6 nitrogen and oxygen atoms in total. The summed E-state index contributed by atoms with van der Waals surface area (Å²) in [7, 11) is 1.58. The van der Waals surface area contributed by atoms with Crippen LogP contribution >= 0.6 is 11.3 Å². The molecule has 1 amide bonds. The van der Waals surface area contributed by atoms with Gasteiger partial charge in [-0.2, -0.15) is 5.10 Å². The van der Waals surface area contributed by atoms with Crippen molar-refractivity contribution < 1.29 is 13.9 Å². The number of aromatic amines is 1. The van der Waals surface area contributed by atoms with Gasteiger partial charge in [0.2, 0.25) is 0 Å². The van der Waals surface area contributed by atoms with E-state index in [9.17, 15) is 9.18 Å². The van der Waals surface area contributed by atoms with Crippen LogP contribution in [0.3, 0.4) is 0 Å². The minimum Gasteiger partial charge on any atom is -0.496 e. The van der Waals surface area contributed by atoms with Gasteiger partial charge in [0.1, 0.15) is 17.3 Å². The van der Waals surface area contributed by atoms with Crippen molar-refractivity contribution in [2.24, 2.45) is 0 Å². The molecule has 4 aromatic rings. The number of nitrogens with zero attached hydrogens (tertiary/aromatic N) is 2. The summed E-state index contributed by atoms with van der Waals surface area (Å²) in [6.45, 7) is 0. The van der Waals surface area contributed by atoms with Gasteiger partial charge in [0.15, 0.2) is 5.13 Å². The summed E-state index contributed by atoms with van der Waals surface area (Å²) in [5.74, 6) is 0.0573. The molecular formula is C21H17FN4O2S. The summed E-state index contributed by atoms with van der Waals surface area (Å²) >= 11 is 1.30. The number of anilines is 1. The summed E-state index contributed by atoms with van der Waals surface area (Å²) in [5, 5.41) is 10.1. The van der Waals surface area contributed by atoms with Crippen molar-refractivity contribution in [2.45, 2.75) is 6.42 Å². The fourth-order valence-electron chi connectivity index (χ4n) is 2.87. The van der Waals surface area contributed by atoms with Crippen LogP contribution in [-0.2, 0) is 6.42 Å². The number of aromatic nitrogens is 3. The number of hydrogen-bond acceptors (Lipinski definition) is 5. The standard InChI is InChI=1S/C21H17FN4O2S/c1-28-19-9-5-3-7-15(19)17-11-18(26-25-17)20(27)24-21-23-12-14(29-21)10-13-6-2-4-8-16(13)22/h2-9,11-12H,10H2,1H3,(H,25,26)(H,23,24,27). The van der Waals surface area contributed by atoms with Gasteiger partial charge in [0.25, 0.3) is 5.91 Å². The van der Waals surface area contributed by atoms with E-state index in [0.29, 0.717) is 34.3 Å². The maximum absolute atomic E-state index is 13.8. The molecule has 2 heterocycles. The quantitative estimate of drug-likeness (QED) is 0.491. The summed E-state index contributed by atoms with van der Waals surface area (Å²) in [6.07, 6.45) is 2.06. The van der Waals surface area contributed by atoms with Crippen LogP contribution in [0.1, 0.15) is 20.9 Å². The Labute approximate surface area is 170 Å². The monoisotopic (exact) mass is 408 g/mol. The lowest BCUT2D eigenvalue weighted by Crippen LogP contribution is -2.11. The van der Waals surface area contributed by atoms with Gasteiger partial charge >= 0.3 is 0 Å². The third-order valence-electron chi connectivity index (χ3n) is 4.30. The first kappa shape index (κ1) is 18.8. The second-order valence-electron chi connectivity index (χ2n) is 6.22. The van der Waals surface area contributed by atoms with E-state index in [1.165, 1.54) is 17.4 Å². The molecule has 0 spiro atoms. The molecule has 8 heteroatoms. The Bertz CT molecular complexity index is 1150. The Morgan fingerprint density at radius 3 is 2.83 bits per heavy atom. The molecule has 2 aromatic carbocycles. The van der Waals surface area contributed by atoms with Gasteiger partial charge in [0.05, 0.1) is 12.8 Å². The molecule has 0 bridgehead atoms. The zero-order chi connectivity index (χ0) is 20.2. The highest BCUT2D eigenvalue weighted by Crippen LogP contribution is 2.28. The van der Waals surface area contributed by atoms with Crippen molar-refractivity contribution in [3.8, 4) is 17.0 Å². The van der Waals surface area contributed by atoms with E-state index in [1.54, 1.807) is 37.6 Å². The predicted octanol–water partition coefficient (Wildman–Crippen LogP) is 4.52. The highest BCUT2D eigenvalue weighted by atomic mass is 32.1. The predicted molar refractivity (Wildman–Crippen MR) is 110 cm³/mol. The average molecular weight is 408 g/mol. The molecule has 29 heavy (non-hydrogen) atoms. The number of carbonyl (C=O) groups excluding carboxylic acids is 1. The van der Waals surface area contributed by atoms with Crippen molar-refractivity contribution in [3.63, 3.8) is 0 Å². The normalized spacial score (nSPS) is 10.7. The van der Waals surface area contributed by atoms with Crippen LogP contribution in [-0.4, -0.2) is 28.2 Å². The molecule has 0 saturated carbocycles. The fraction of sp³-hybridized carbons (Fsp3) is 0.0952. The van der Waals surface area contributed by atoms with E-state index < -0.39 is 0 Å². The lowest BCUT2D eigenvalue weighted by Gasteiger charge is -2.04. The van der Waals surface area contributed by atoms with Crippen molar-refractivity contribution in [1.82, 2.24) is 15.2 Å². The van der Waals surface area contributed by atoms with Crippen molar-refractivity contribution >= 4 is 22.4 Å². The topological polar surface area (TPSA) is 79.9 Å². The molecule has 0 saturated heterocycles. The van der Waals surface area contributed by atoms with Crippen LogP contribution in [0, 0.1) is 5.82 Å². The lowest BCUT2D eigenvalue weighted by atomic mass is 10.1. The van der Waals surface area contributed by atoms with Gasteiger partial charge in [-0.3, -0.25) is 15.2 Å². The molecule has 0 unspecified atom stereocenters. The Morgan fingerprint density at radius 2 is 2.00 bits per heavy atom. The number of rotatable bonds is 6. The number of para-hydroxylation sites is 1. The number of thiazole rings is 1. The van der Waals surface area contributed by atoms with Crippen molar-refractivity contribution in [2.75, 3.05) is 12.4 Å². The van der Waals surface area contributed by atoms with Crippen molar-refractivity contribution in [3.05, 3.63) is 82.7 Å². The zero-order valence-electron chi connectivity index (χ0n) is 15.5. The Morgan fingerprint density at radius 1 is 1.21 bits per heavy atom. The molecule has 4 rings (SSSR count). The number of H-pyrrole nitrogens is 1. The second-order valence-corrected chi connectivity index (χ2v) is 7.34. The van der Waals surface area contributed by atoms with Crippen molar-refractivity contribution in [1.29, 1.82) is 0 Å². The summed E-state index contributed by atoms with van der Waals surface area (Å²) in [5.41, 5.74) is 2.28. The number of hydrogen-bond donors (Lipinski definition) is 2. The van der Waals surface area contributed by atoms with Gasteiger partial charge in [-0.1, -0.05) is 30.3 Å². The number of carbonyl (C=O) groups is 1. The van der Waals surface area contributed by atoms with E-state index in [1.807, 2.05) is 24.3 Å². The van der Waals surface area contributed by atoms with Crippen LogP contribution in [0.4, 0.5) is 9.52 Å². The second kappa shape index (κ2) is 8.24. The van der Waals surface area contributed by atoms with Gasteiger partial charge < -0.3 is 4.74 Å². The molecule has 0 atom stereocenters. The minimum absolute atomic E-state index is 0.257. The first-order chi connectivity index (χ1) is 14.1. The maximum atomic E-state index is 13.8. The highest BCUT2D eigenvalue weighted by molar-refractivity contribution is 7.15. The number of ether oxygens (including phenoxy) is 1. The van der Waals surface area contributed by atoms with E-state index >= 15 is 0 Å². The fourth-order valence-corrected chi connectivity index (χ4v) is 3.70. The molecule has 0 fully saturated rings. The number of amides is 1. The third kappa shape index (κ3) is 4.17. The number of nitrogens with one attached hydrogen (secondary N) is 2. The van der Waals surface area contributed by atoms with Crippen LogP contribution in [0.5, 0.6) is 5.75 Å². The Hall–Kier alpha value is -3.52. The molecule has 0 aliphatic heterocycles. The molecular weight excluding hydrogens is 391 g/mol. The first-order valence-electron chi connectivity index (χ1n) is 8.82. The van der Waals surface area contributed by atoms with Crippen LogP contribution < -0.4 is 10.1 Å².